The highest BCUT2D eigenvalue weighted by Gasteiger charge is 2.14. The number of thiazole rings is 1. The van der Waals surface area contributed by atoms with Gasteiger partial charge >= 0.3 is 0 Å². The molecule has 2 N–H and O–H groups in total. The van der Waals surface area contributed by atoms with Crippen molar-refractivity contribution in [1.82, 2.24) is 15.0 Å². The summed E-state index contributed by atoms with van der Waals surface area (Å²) in [6.45, 7) is 0. The van der Waals surface area contributed by atoms with Crippen molar-refractivity contribution < 1.29 is 0 Å². The average molecular weight is 310 g/mol. The van der Waals surface area contributed by atoms with Gasteiger partial charge in [0.2, 0.25) is 0 Å². The molecule has 0 aliphatic carbocycles. The molecule has 4 rings (SSSR count). The molecule has 0 atom stereocenters. The molecule has 4 aromatic rings. The molecule has 0 saturated carbocycles. The van der Waals surface area contributed by atoms with E-state index in [1.165, 1.54) is 11.3 Å². The first-order chi connectivity index (χ1) is 10.3. The van der Waals surface area contributed by atoms with Crippen LogP contribution in [-0.2, 0) is 0 Å². The van der Waals surface area contributed by atoms with Gasteiger partial charge in [-0.15, -0.1) is 22.7 Å². The van der Waals surface area contributed by atoms with Crippen molar-refractivity contribution >= 4 is 38.7 Å². The minimum atomic E-state index is 0.517. The minimum Gasteiger partial charge on any atom is -0.383 e. The molecule has 0 spiro atoms. The predicted octanol–water partition coefficient (Wildman–Crippen LogP) is 4.06. The maximum Gasteiger partial charge on any atom is 0.174 e. The number of nitrogens with two attached hydrogens (primary N) is 1. The standard InChI is InChI=1S/C15H10N4S2/c16-13-12-10(9-4-2-1-3-5-9)7-20-15(12)19-14(18-13)11-6-17-8-21-11/h1-8H,(H2,16,18,19). The van der Waals surface area contributed by atoms with Crippen LogP contribution in [0.1, 0.15) is 0 Å². The van der Waals surface area contributed by atoms with E-state index in [2.05, 4.69) is 32.5 Å². The molecule has 1 aromatic carbocycles. The molecular formula is C15H10N4S2. The molecule has 3 aromatic heterocycles. The Morgan fingerprint density at radius 3 is 2.62 bits per heavy atom. The zero-order chi connectivity index (χ0) is 14.2. The van der Waals surface area contributed by atoms with Crippen LogP contribution < -0.4 is 5.73 Å². The lowest BCUT2D eigenvalue weighted by Crippen LogP contribution is -1.96. The first kappa shape index (κ1) is 12.4. The predicted molar refractivity (Wildman–Crippen MR) is 88.4 cm³/mol. The molecule has 0 amide bonds. The van der Waals surface area contributed by atoms with Crippen LogP contribution in [0.2, 0.25) is 0 Å². The number of hydrogen-bond donors (Lipinski definition) is 1. The van der Waals surface area contributed by atoms with E-state index in [0.717, 1.165) is 26.2 Å². The second-order valence-corrected chi connectivity index (χ2v) is 6.24. The summed E-state index contributed by atoms with van der Waals surface area (Å²) >= 11 is 3.10. The highest BCUT2D eigenvalue weighted by atomic mass is 32.1. The van der Waals surface area contributed by atoms with Crippen molar-refractivity contribution in [2.45, 2.75) is 0 Å². The van der Waals surface area contributed by atoms with Crippen LogP contribution in [0.3, 0.4) is 0 Å². The Bertz CT molecular complexity index is 898. The van der Waals surface area contributed by atoms with Crippen molar-refractivity contribution in [3.8, 4) is 21.8 Å². The van der Waals surface area contributed by atoms with Crippen LogP contribution in [0.5, 0.6) is 0 Å². The van der Waals surface area contributed by atoms with Gasteiger partial charge in [0.1, 0.15) is 10.6 Å². The van der Waals surface area contributed by atoms with Gasteiger partial charge in [0.25, 0.3) is 0 Å². The maximum absolute atomic E-state index is 6.19. The Balaban J connectivity index is 1.94. The highest BCUT2D eigenvalue weighted by molar-refractivity contribution is 7.17. The van der Waals surface area contributed by atoms with Crippen LogP contribution in [-0.4, -0.2) is 15.0 Å². The second-order valence-electron chi connectivity index (χ2n) is 4.49. The molecule has 21 heavy (non-hydrogen) atoms. The molecule has 0 aliphatic rings. The Morgan fingerprint density at radius 2 is 1.86 bits per heavy atom. The number of thiophene rings is 1. The Hall–Kier alpha value is -2.31. The largest absolute Gasteiger partial charge is 0.383 e. The van der Waals surface area contributed by atoms with Crippen LogP contribution in [0.15, 0.2) is 47.4 Å². The summed E-state index contributed by atoms with van der Waals surface area (Å²) in [6, 6.07) is 10.2. The lowest BCUT2D eigenvalue weighted by atomic mass is 10.1. The lowest BCUT2D eigenvalue weighted by molar-refractivity contribution is 1.25. The van der Waals surface area contributed by atoms with Crippen LogP contribution in [0, 0.1) is 0 Å². The molecule has 0 aliphatic heterocycles. The molecule has 6 heteroatoms. The molecular weight excluding hydrogens is 300 g/mol. The Kier molecular flexibility index (Phi) is 2.90. The number of nitrogen functional groups attached to an aromatic ring is 1. The third kappa shape index (κ3) is 2.09. The van der Waals surface area contributed by atoms with Crippen LogP contribution >= 0.6 is 22.7 Å². The lowest BCUT2D eigenvalue weighted by Gasteiger charge is -2.03. The second kappa shape index (κ2) is 4.91. The molecule has 0 radical (unpaired) electrons. The monoisotopic (exact) mass is 310 g/mol. The Morgan fingerprint density at radius 1 is 1.00 bits per heavy atom. The summed E-state index contributed by atoms with van der Waals surface area (Å²) in [6.07, 6.45) is 1.76. The molecule has 0 saturated heterocycles. The van der Waals surface area contributed by atoms with Gasteiger partial charge in [-0.3, -0.25) is 4.98 Å². The van der Waals surface area contributed by atoms with Crippen molar-refractivity contribution in [3.63, 3.8) is 0 Å². The summed E-state index contributed by atoms with van der Waals surface area (Å²) in [5.41, 5.74) is 10.2. The molecule has 3 heterocycles. The molecule has 102 valence electrons. The van der Waals surface area contributed by atoms with Gasteiger partial charge in [-0.25, -0.2) is 9.97 Å². The fraction of sp³-hybridized carbons (Fsp3) is 0. The molecule has 0 bridgehead atoms. The quantitative estimate of drug-likeness (QED) is 0.606. The fourth-order valence-electron chi connectivity index (χ4n) is 2.24. The van der Waals surface area contributed by atoms with E-state index < -0.39 is 0 Å². The first-order valence-electron chi connectivity index (χ1n) is 6.32. The summed E-state index contributed by atoms with van der Waals surface area (Å²) in [7, 11) is 0. The smallest absolute Gasteiger partial charge is 0.174 e. The van der Waals surface area contributed by atoms with Gasteiger partial charge in [-0.2, -0.15) is 0 Å². The zero-order valence-electron chi connectivity index (χ0n) is 10.9. The van der Waals surface area contributed by atoms with Gasteiger partial charge in [-0.1, -0.05) is 30.3 Å². The topological polar surface area (TPSA) is 64.7 Å². The fourth-order valence-corrected chi connectivity index (χ4v) is 3.74. The van der Waals surface area contributed by atoms with Crippen LogP contribution in [0.25, 0.3) is 32.0 Å². The third-order valence-corrected chi connectivity index (χ3v) is 4.84. The van der Waals surface area contributed by atoms with Crippen molar-refractivity contribution in [3.05, 3.63) is 47.4 Å². The van der Waals surface area contributed by atoms with E-state index in [-0.39, 0.29) is 0 Å². The molecule has 0 fully saturated rings. The van der Waals surface area contributed by atoms with E-state index in [1.807, 2.05) is 18.2 Å². The van der Waals surface area contributed by atoms with Gasteiger partial charge in [-0.05, 0) is 5.56 Å². The number of fused-ring (bicyclic) bond motifs is 1. The summed E-state index contributed by atoms with van der Waals surface area (Å²) in [5, 5.41) is 3.01. The first-order valence-corrected chi connectivity index (χ1v) is 8.08. The number of nitrogens with zero attached hydrogens (tertiary/aromatic N) is 3. The number of anilines is 1. The maximum atomic E-state index is 6.19. The van der Waals surface area contributed by atoms with Gasteiger partial charge < -0.3 is 5.73 Å². The molecule has 0 unspecified atom stereocenters. The van der Waals surface area contributed by atoms with E-state index >= 15 is 0 Å². The number of benzene rings is 1. The number of rotatable bonds is 2. The van der Waals surface area contributed by atoms with E-state index in [1.54, 1.807) is 23.0 Å². The zero-order valence-corrected chi connectivity index (χ0v) is 12.5. The van der Waals surface area contributed by atoms with Gasteiger partial charge in [0.05, 0.1) is 15.8 Å². The van der Waals surface area contributed by atoms with Gasteiger partial charge in [0, 0.05) is 17.1 Å². The normalized spacial score (nSPS) is 11.0. The van der Waals surface area contributed by atoms with E-state index in [4.69, 9.17) is 5.73 Å². The summed E-state index contributed by atoms with van der Waals surface area (Å²) in [4.78, 5) is 15.0. The third-order valence-electron chi connectivity index (χ3n) is 3.20. The SMILES string of the molecule is Nc1nc(-c2cncs2)nc2scc(-c3ccccc3)c12. The highest BCUT2D eigenvalue weighted by Crippen LogP contribution is 2.37. The van der Waals surface area contributed by atoms with Crippen molar-refractivity contribution in [1.29, 1.82) is 0 Å². The Labute approximate surface area is 129 Å². The molecule has 4 nitrogen and oxygen atoms in total. The van der Waals surface area contributed by atoms with Crippen molar-refractivity contribution in [2.24, 2.45) is 0 Å². The van der Waals surface area contributed by atoms with E-state index in [9.17, 15) is 0 Å². The average Bonchev–Trinajstić information content (AvgIpc) is 3.17. The minimum absolute atomic E-state index is 0.517. The number of aromatic nitrogens is 3. The van der Waals surface area contributed by atoms with E-state index in [0.29, 0.717) is 11.6 Å². The van der Waals surface area contributed by atoms with Crippen LogP contribution in [0.4, 0.5) is 5.82 Å². The van der Waals surface area contributed by atoms with Crippen molar-refractivity contribution in [2.75, 3.05) is 5.73 Å². The summed E-state index contributed by atoms with van der Waals surface area (Å²) in [5.74, 6) is 1.16. The van der Waals surface area contributed by atoms with Gasteiger partial charge in [0.15, 0.2) is 5.82 Å². The summed E-state index contributed by atoms with van der Waals surface area (Å²) < 4.78 is 0. The number of hydrogen-bond acceptors (Lipinski definition) is 6.